The second-order valence-electron chi connectivity index (χ2n) is 7.26. The van der Waals surface area contributed by atoms with Crippen LogP contribution in [0.15, 0.2) is 48.5 Å². The molecule has 1 aliphatic rings. The van der Waals surface area contributed by atoms with Crippen LogP contribution in [0.4, 0.5) is 30.7 Å². The van der Waals surface area contributed by atoms with E-state index in [9.17, 15) is 30.7 Å². The Bertz CT molecular complexity index is 1090. The van der Waals surface area contributed by atoms with Crippen molar-refractivity contribution < 1.29 is 40.2 Å². The zero-order valence-corrected chi connectivity index (χ0v) is 16.3. The highest BCUT2D eigenvalue weighted by Crippen LogP contribution is 2.38. The summed E-state index contributed by atoms with van der Waals surface area (Å²) in [7, 11) is 0. The van der Waals surface area contributed by atoms with Crippen LogP contribution in [0.3, 0.4) is 0 Å². The molecule has 2 nitrogen and oxygen atoms in total. The summed E-state index contributed by atoms with van der Waals surface area (Å²) in [6.45, 7) is 0.651. The molecule has 0 aliphatic carbocycles. The van der Waals surface area contributed by atoms with Gasteiger partial charge in [0.05, 0.1) is 6.10 Å². The van der Waals surface area contributed by atoms with Gasteiger partial charge in [0.15, 0.2) is 17.5 Å². The van der Waals surface area contributed by atoms with Gasteiger partial charge in [-0.25, -0.2) is 22.0 Å². The van der Waals surface area contributed by atoms with Crippen molar-refractivity contribution in [2.24, 2.45) is 0 Å². The number of hydrogen-bond donors (Lipinski definition) is 0. The Morgan fingerprint density at radius 3 is 1.91 bits per heavy atom. The van der Waals surface area contributed by atoms with Gasteiger partial charge in [-0.3, -0.25) is 0 Å². The molecule has 0 radical (unpaired) electrons. The molecule has 168 valence electrons. The van der Waals surface area contributed by atoms with Gasteiger partial charge in [-0.1, -0.05) is 24.3 Å². The van der Waals surface area contributed by atoms with Crippen molar-refractivity contribution >= 4 is 0 Å². The van der Waals surface area contributed by atoms with Crippen molar-refractivity contribution in [3.05, 3.63) is 88.7 Å². The van der Waals surface area contributed by atoms with Crippen molar-refractivity contribution in [1.82, 2.24) is 0 Å². The lowest BCUT2D eigenvalue weighted by molar-refractivity contribution is -0.189. The fourth-order valence-electron chi connectivity index (χ4n) is 3.54. The van der Waals surface area contributed by atoms with Crippen LogP contribution >= 0.6 is 0 Å². The lowest BCUT2D eigenvalue weighted by atomic mass is 9.99. The first-order valence-electron chi connectivity index (χ1n) is 9.58. The van der Waals surface area contributed by atoms with Crippen LogP contribution in [-0.4, -0.2) is 6.61 Å². The van der Waals surface area contributed by atoms with Gasteiger partial charge in [-0.05, 0) is 41.7 Å². The topological polar surface area (TPSA) is 18.5 Å². The van der Waals surface area contributed by atoms with Crippen molar-refractivity contribution in [3.63, 3.8) is 0 Å². The molecule has 3 aromatic rings. The molecule has 1 unspecified atom stereocenters. The predicted molar refractivity (Wildman–Crippen MR) is 101 cm³/mol. The summed E-state index contributed by atoms with van der Waals surface area (Å²) in [5.74, 6) is -9.88. The molecule has 9 heteroatoms. The molecule has 0 saturated carbocycles. The number of ether oxygens (including phenoxy) is 2. The summed E-state index contributed by atoms with van der Waals surface area (Å²) >= 11 is 0. The second-order valence-corrected chi connectivity index (χ2v) is 7.26. The third kappa shape index (κ3) is 4.29. The van der Waals surface area contributed by atoms with E-state index in [0.717, 1.165) is 18.4 Å². The van der Waals surface area contributed by atoms with Gasteiger partial charge in [0.25, 0.3) is 0 Å². The van der Waals surface area contributed by atoms with E-state index in [1.807, 2.05) is 0 Å². The average Bonchev–Trinajstić information content (AvgIpc) is 3.26. The largest absolute Gasteiger partial charge is 0.432 e. The summed E-state index contributed by atoms with van der Waals surface area (Å²) in [6, 6.07) is 8.31. The standard InChI is InChI=1S/C23H15F7O2/c24-16-8-14(12-3-5-13(6-4-12)20-2-1-7-31-20)9-17(25)21(16)23(29,30)32-15-10-18(26)22(28)19(27)11-15/h3-6,8-11,20H,1-2,7H2. The third-order valence-electron chi connectivity index (χ3n) is 5.08. The van der Waals surface area contributed by atoms with Gasteiger partial charge in [-0.15, -0.1) is 0 Å². The molecular formula is C23H15F7O2. The fourth-order valence-corrected chi connectivity index (χ4v) is 3.54. The van der Waals surface area contributed by atoms with E-state index in [4.69, 9.17) is 4.74 Å². The Balaban J connectivity index is 1.62. The maximum absolute atomic E-state index is 14.5. The molecule has 1 fully saturated rings. The molecule has 3 aromatic carbocycles. The highest BCUT2D eigenvalue weighted by molar-refractivity contribution is 5.64. The van der Waals surface area contributed by atoms with Crippen molar-refractivity contribution in [1.29, 1.82) is 0 Å². The average molecular weight is 456 g/mol. The first-order chi connectivity index (χ1) is 15.2. The van der Waals surface area contributed by atoms with E-state index < -0.39 is 46.5 Å². The first-order valence-corrected chi connectivity index (χ1v) is 9.58. The highest BCUT2D eigenvalue weighted by Gasteiger charge is 2.41. The molecular weight excluding hydrogens is 441 g/mol. The summed E-state index contributed by atoms with van der Waals surface area (Å²) in [6.07, 6.45) is -2.91. The van der Waals surface area contributed by atoms with Crippen LogP contribution in [0.25, 0.3) is 11.1 Å². The Morgan fingerprint density at radius 2 is 1.38 bits per heavy atom. The predicted octanol–water partition coefficient (Wildman–Crippen LogP) is 7.03. The van der Waals surface area contributed by atoms with Crippen molar-refractivity contribution in [2.75, 3.05) is 6.61 Å². The van der Waals surface area contributed by atoms with Gasteiger partial charge >= 0.3 is 6.11 Å². The minimum absolute atomic E-state index is 0.00249. The highest BCUT2D eigenvalue weighted by atomic mass is 19.3. The smallest absolute Gasteiger partial charge is 0.429 e. The van der Waals surface area contributed by atoms with E-state index in [0.29, 0.717) is 24.3 Å². The zero-order chi connectivity index (χ0) is 23.0. The monoisotopic (exact) mass is 456 g/mol. The Morgan fingerprint density at radius 1 is 0.781 bits per heavy atom. The second kappa shape index (κ2) is 8.46. The molecule has 4 rings (SSSR count). The molecule has 1 heterocycles. The van der Waals surface area contributed by atoms with Crippen molar-refractivity contribution in [3.8, 4) is 16.9 Å². The lowest BCUT2D eigenvalue weighted by Gasteiger charge is -2.20. The van der Waals surface area contributed by atoms with Crippen LogP contribution < -0.4 is 4.74 Å². The van der Waals surface area contributed by atoms with Crippen LogP contribution in [0.5, 0.6) is 5.75 Å². The lowest BCUT2D eigenvalue weighted by Crippen LogP contribution is -2.25. The maximum Gasteiger partial charge on any atom is 0.432 e. The van der Waals surface area contributed by atoms with Crippen molar-refractivity contribution in [2.45, 2.75) is 25.1 Å². The number of halogens is 7. The number of rotatable bonds is 5. The van der Waals surface area contributed by atoms with E-state index in [2.05, 4.69) is 4.74 Å². The molecule has 1 aliphatic heterocycles. The normalized spacial score (nSPS) is 16.4. The first kappa shape index (κ1) is 22.1. The SMILES string of the molecule is Fc1cc(OC(F)(F)c2c(F)cc(-c3ccc(C4CCCO4)cc3)cc2F)cc(F)c1F. The fraction of sp³-hybridized carbons (Fsp3) is 0.217. The van der Waals surface area contributed by atoms with Gasteiger partial charge in [-0.2, -0.15) is 8.78 Å². The Kier molecular flexibility index (Phi) is 5.85. The quantitative estimate of drug-likeness (QED) is 0.303. The molecule has 0 bridgehead atoms. The molecule has 32 heavy (non-hydrogen) atoms. The van der Waals surface area contributed by atoms with Gasteiger partial charge < -0.3 is 9.47 Å². The number of benzene rings is 3. The van der Waals surface area contributed by atoms with Crippen LogP contribution in [0.2, 0.25) is 0 Å². The summed E-state index contributed by atoms with van der Waals surface area (Å²) in [4.78, 5) is 0. The summed E-state index contributed by atoms with van der Waals surface area (Å²) in [5.41, 5.74) is -0.481. The van der Waals surface area contributed by atoms with E-state index in [1.165, 1.54) is 0 Å². The molecule has 1 atom stereocenters. The Hall–Kier alpha value is -3.07. The number of hydrogen-bond acceptors (Lipinski definition) is 2. The van der Waals surface area contributed by atoms with Gasteiger partial charge in [0, 0.05) is 18.7 Å². The zero-order valence-electron chi connectivity index (χ0n) is 16.3. The van der Waals surface area contributed by atoms with Crippen LogP contribution in [0, 0.1) is 29.1 Å². The minimum atomic E-state index is -4.63. The van der Waals surface area contributed by atoms with E-state index >= 15 is 0 Å². The van der Waals surface area contributed by atoms with Crippen LogP contribution in [0.1, 0.15) is 30.1 Å². The minimum Gasteiger partial charge on any atom is -0.429 e. The van der Waals surface area contributed by atoms with E-state index in [-0.39, 0.29) is 23.8 Å². The van der Waals surface area contributed by atoms with Gasteiger partial charge in [0.2, 0.25) is 0 Å². The third-order valence-corrected chi connectivity index (χ3v) is 5.08. The molecule has 1 saturated heterocycles. The molecule has 0 aromatic heterocycles. The van der Waals surface area contributed by atoms with E-state index in [1.54, 1.807) is 24.3 Å². The summed E-state index contributed by atoms with van der Waals surface area (Å²) in [5, 5.41) is 0. The van der Waals surface area contributed by atoms with Crippen LogP contribution in [-0.2, 0) is 10.8 Å². The molecule has 0 amide bonds. The summed E-state index contributed by atoms with van der Waals surface area (Å²) < 4.78 is 107. The Labute approximate surface area is 178 Å². The molecule has 0 spiro atoms. The number of alkyl halides is 2. The maximum atomic E-state index is 14.5. The van der Waals surface area contributed by atoms with Gasteiger partial charge in [0.1, 0.15) is 22.9 Å². The molecule has 0 N–H and O–H groups in total.